The van der Waals surface area contributed by atoms with Crippen LogP contribution in [-0.2, 0) is 11.6 Å². The lowest BCUT2D eigenvalue weighted by Gasteiger charge is -2.23. The first-order valence-corrected chi connectivity index (χ1v) is 6.25. The zero-order valence-corrected chi connectivity index (χ0v) is 10.5. The van der Waals surface area contributed by atoms with Gasteiger partial charge in [-0.3, -0.25) is 0 Å². The van der Waals surface area contributed by atoms with Gasteiger partial charge in [-0.1, -0.05) is 0 Å². The summed E-state index contributed by atoms with van der Waals surface area (Å²) >= 11 is 0. The van der Waals surface area contributed by atoms with Crippen molar-refractivity contribution in [3.63, 3.8) is 0 Å². The Bertz CT molecular complexity index is 573. The number of carboxylic acid groups (broad SMARTS) is 1. The molecule has 108 valence electrons. The summed E-state index contributed by atoms with van der Waals surface area (Å²) in [5.74, 6) is 0. The van der Waals surface area contributed by atoms with Gasteiger partial charge in [0.25, 0.3) is 0 Å². The molecule has 2 aliphatic rings. The predicted octanol–water partition coefficient (Wildman–Crippen LogP) is 2.75. The van der Waals surface area contributed by atoms with E-state index in [-0.39, 0.29) is 6.54 Å². The summed E-state index contributed by atoms with van der Waals surface area (Å²) < 4.78 is 38.4. The van der Waals surface area contributed by atoms with E-state index in [1.54, 1.807) is 0 Å². The monoisotopic (exact) mass is 286 g/mol. The Morgan fingerprint density at radius 3 is 2.75 bits per heavy atom. The van der Waals surface area contributed by atoms with E-state index in [0.717, 1.165) is 12.1 Å². The van der Waals surface area contributed by atoms with Crippen LogP contribution < -0.4 is 5.32 Å². The molecule has 1 atom stereocenters. The third-order valence-electron chi connectivity index (χ3n) is 4.16. The molecule has 0 bridgehead atoms. The minimum atomic E-state index is -4.39. The number of nitrogens with zero attached hydrogens (tertiary/aromatic N) is 1. The number of hydrogen-bond acceptors (Lipinski definition) is 2. The summed E-state index contributed by atoms with van der Waals surface area (Å²) in [4.78, 5) is 12.3. The van der Waals surface area contributed by atoms with Gasteiger partial charge >= 0.3 is 12.3 Å². The molecule has 3 rings (SSSR count). The number of rotatable bonds is 0. The van der Waals surface area contributed by atoms with Gasteiger partial charge in [-0.15, -0.1) is 0 Å². The molecule has 1 amide bonds. The Balaban J connectivity index is 1.99. The summed E-state index contributed by atoms with van der Waals surface area (Å²) in [5, 5.41) is 12.1. The number of benzene rings is 1. The Hall–Kier alpha value is -1.92. The molecular weight excluding hydrogens is 273 g/mol. The van der Waals surface area contributed by atoms with E-state index in [9.17, 15) is 18.0 Å². The van der Waals surface area contributed by atoms with E-state index in [0.29, 0.717) is 30.8 Å². The van der Waals surface area contributed by atoms with Crippen molar-refractivity contribution in [3.05, 3.63) is 29.3 Å². The van der Waals surface area contributed by atoms with Crippen molar-refractivity contribution in [2.75, 3.05) is 25.0 Å². The van der Waals surface area contributed by atoms with E-state index in [1.165, 1.54) is 11.0 Å². The molecule has 1 spiro atoms. The van der Waals surface area contributed by atoms with Crippen molar-refractivity contribution < 1.29 is 23.1 Å². The zero-order chi connectivity index (χ0) is 14.5. The van der Waals surface area contributed by atoms with Gasteiger partial charge in [0.15, 0.2) is 0 Å². The number of halogens is 3. The van der Waals surface area contributed by atoms with Gasteiger partial charge in [-0.05, 0) is 30.2 Å². The van der Waals surface area contributed by atoms with Crippen LogP contribution in [0.4, 0.5) is 23.7 Å². The number of amides is 1. The second-order valence-electron chi connectivity index (χ2n) is 5.35. The highest BCUT2D eigenvalue weighted by molar-refractivity contribution is 5.68. The Morgan fingerprint density at radius 2 is 2.15 bits per heavy atom. The summed E-state index contributed by atoms with van der Waals surface area (Å²) in [6.07, 6.45) is -4.87. The van der Waals surface area contributed by atoms with Crippen molar-refractivity contribution in [1.82, 2.24) is 4.90 Å². The smallest absolute Gasteiger partial charge is 0.416 e. The molecule has 0 saturated carbocycles. The fourth-order valence-electron chi connectivity index (χ4n) is 3.07. The molecule has 0 radical (unpaired) electrons. The minimum Gasteiger partial charge on any atom is -0.465 e. The van der Waals surface area contributed by atoms with Crippen LogP contribution in [0.1, 0.15) is 17.5 Å². The van der Waals surface area contributed by atoms with Gasteiger partial charge < -0.3 is 15.3 Å². The normalized spacial score (nSPS) is 24.9. The van der Waals surface area contributed by atoms with Crippen LogP contribution in [0, 0.1) is 0 Å². The molecule has 1 saturated heterocycles. The van der Waals surface area contributed by atoms with Crippen LogP contribution in [0.2, 0.25) is 0 Å². The lowest BCUT2D eigenvalue weighted by Crippen LogP contribution is -2.35. The quantitative estimate of drug-likeness (QED) is 0.771. The Labute approximate surface area is 113 Å². The Kier molecular flexibility index (Phi) is 2.64. The highest BCUT2D eigenvalue weighted by atomic mass is 19.4. The second kappa shape index (κ2) is 4.04. The number of anilines is 1. The molecule has 7 heteroatoms. The molecule has 1 fully saturated rings. The molecule has 0 aromatic heterocycles. The SMILES string of the molecule is O=C(O)N1CCC2(CNc3ccc(C(F)(F)F)cc32)C1. The summed E-state index contributed by atoms with van der Waals surface area (Å²) in [6.45, 7) is 1.07. The molecule has 2 heterocycles. The fourth-order valence-corrected chi connectivity index (χ4v) is 3.07. The maximum atomic E-state index is 12.8. The second-order valence-corrected chi connectivity index (χ2v) is 5.35. The highest BCUT2D eigenvalue weighted by Crippen LogP contribution is 2.45. The number of carbonyl (C=O) groups is 1. The third kappa shape index (κ3) is 1.88. The van der Waals surface area contributed by atoms with Gasteiger partial charge in [0.05, 0.1) is 5.56 Å². The van der Waals surface area contributed by atoms with Crippen molar-refractivity contribution in [2.45, 2.75) is 18.0 Å². The van der Waals surface area contributed by atoms with Crippen LogP contribution in [0.25, 0.3) is 0 Å². The molecule has 2 aliphatic heterocycles. The standard InChI is InChI=1S/C13H13F3N2O2/c14-13(15,16)8-1-2-10-9(5-8)12(6-17-10)3-4-18(7-12)11(19)20/h1-2,5,17H,3-4,6-7H2,(H,19,20). The van der Waals surface area contributed by atoms with Gasteiger partial charge in [-0.2, -0.15) is 13.2 Å². The van der Waals surface area contributed by atoms with Crippen LogP contribution in [-0.4, -0.2) is 35.7 Å². The van der Waals surface area contributed by atoms with Gasteiger partial charge in [0.1, 0.15) is 0 Å². The first kappa shape index (κ1) is 13.1. The number of fused-ring (bicyclic) bond motifs is 2. The van der Waals surface area contributed by atoms with E-state index in [4.69, 9.17) is 5.11 Å². The first-order chi connectivity index (χ1) is 9.32. The molecule has 4 nitrogen and oxygen atoms in total. The topological polar surface area (TPSA) is 52.6 Å². The number of nitrogens with one attached hydrogen (secondary N) is 1. The van der Waals surface area contributed by atoms with Gasteiger partial charge in [0, 0.05) is 30.7 Å². The summed E-state index contributed by atoms with van der Waals surface area (Å²) in [6, 6.07) is 3.63. The lowest BCUT2D eigenvalue weighted by molar-refractivity contribution is -0.137. The molecular formula is C13H13F3N2O2. The average Bonchev–Trinajstić information content (AvgIpc) is 2.95. The molecule has 1 unspecified atom stereocenters. The van der Waals surface area contributed by atoms with Gasteiger partial charge in [-0.25, -0.2) is 4.79 Å². The number of hydrogen-bond donors (Lipinski definition) is 2. The summed E-state index contributed by atoms with van der Waals surface area (Å²) in [5.41, 5.74) is 0.0315. The van der Waals surface area contributed by atoms with Crippen LogP contribution >= 0.6 is 0 Å². The molecule has 1 aromatic rings. The lowest BCUT2D eigenvalue weighted by atomic mass is 9.81. The third-order valence-corrected chi connectivity index (χ3v) is 4.16. The largest absolute Gasteiger partial charge is 0.465 e. The molecule has 0 aliphatic carbocycles. The van der Waals surface area contributed by atoms with Crippen LogP contribution in [0.3, 0.4) is 0 Å². The first-order valence-electron chi connectivity index (χ1n) is 6.25. The summed E-state index contributed by atoms with van der Waals surface area (Å²) in [7, 11) is 0. The molecule has 1 aromatic carbocycles. The average molecular weight is 286 g/mol. The van der Waals surface area contributed by atoms with Crippen molar-refractivity contribution in [2.24, 2.45) is 0 Å². The van der Waals surface area contributed by atoms with Crippen LogP contribution in [0.15, 0.2) is 18.2 Å². The maximum Gasteiger partial charge on any atom is 0.416 e. The zero-order valence-electron chi connectivity index (χ0n) is 10.5. The van der Waals surface area contributed by atoms with Crippen molar-refractivity contribution >= 4 is 11.8 Å². The minimum absolute atomic E-state index is 0.240. The van der Waals surface area contributed by atoms with E-state index in [1.807, 2.05) is 0 Å². The molecule has 20 heavy (non-hydrogen) atoms. The van der Waals surface area contributed by atoms with Crippen molar-refractivity contribution in [3.8, 4) is 0 Å². The number of alkyl halides is 3. The number of likely N-dealkylation sites (tertiary alicyclic amines) is 1. The fraction of sp³-hybridized carbons (Fsp3) is 0.462. The van der Waals surface area contributed by atoms with Crippen LogP contribution in [0.5, 0.6) is 0 Å². The van der Waals surface area contributed by atoms with Crippen molar-refractivity contribution in [1.29, 1.82) is 0 Å². The van der Waals surface area contributed by atoms with Gasteiger partial charge in [0.2, 0.25) is 0 Å². The van der Waals surface area contributed by atoms with E-state index >= 15 is 0 Å². The Morgan fingerprint density at radius 1 is 1.40 bits per heavy atom. The predicted molar refractivity (Wildman–Crippen MR) is 65.8 cm³/mol. The highest BCUT2D eigenvalue weighted by Gasteiger charge is 2.46. The molecule has 2 N–H and O–H groups in total. The van der Waals surface area contributed by atoms with E-state index in [2.05, 4.69) is 5.32 Å². The maximum absolute atomic E-state index is 12.8. The van der Waals surface area contributed by atoms with E-state index < -0.39 is 23.2 Å².